The second-order valence-corrected chi connectivity index (χ2v) is 5.74. The zero-order valence-electron chi connectivity index (χ0n) is 12.6. The van der Waals surface area contributed by atoms with Crippen molar-refractivity contribution in [1.82, 2.24) is 9.78 Å². The Bertz CT molecular complexity index is 593. The molecule has 0 saturated heterocycles. The lowest BCUT2D eigenvalue weighted by molar-refractivity contribution is 0.173. The number of rotatable bonds is 6. The number of aryl methyl sites for hydroxylation is 2. The van der Waals surface area contributed by atoms with Crippen LogP contribution in [-0.4, -0.2) is 14.9 Å². The van der Waals surface area contributed by atoms with Crippen LogP contribution < -0.4 is 4.74 Å². The van der Waals surface area contributed by atoms with Gasteiger partial charge < -0.3 is 9.84 Å². The van der Waals surface area contributed by atoms with E-state index in [1.165, 1.54) is 0 Å². The molecule has 114 valence electrons. The largest absolute Gasteiger partial charge is 0.487 e. The lowest BCUT2D eigenvalue weighted by Crippen LogP contribution is -2.06. The predicted molar refractivity (Wildman–Crippen MR) is 86.4 cm³/mol. The van der Waals surface area contributed by atoms with E-state index in [9.17, 15) is 5.11 Å². The number of hydrogen-bond acceptors (Lipinski definition) is 3. The van der Waals surface area contributed by atoms with Gasteiger partial charge in [0.05, 0.1) is 22.0 Å². The second kappa shape index (κ2) is 7.09. The van der Waals surface area contributed by atoms with Crippen molar-refractivity contribution in [1.29, 1.82) is 0 Å². The number of hydrogen-bond donors (Lipinski definition) is 1. The van der Waals surface area contributed by atoms with Gasteiger partial charge in [0.25, 0.3) is 0 Å². The highest BCUT2D eigenvalue weighted by molar-refractivity contribution is 9.10. The quantitative estimate of drug-likeness (QED) is 0.854. The summed E-state index contributed by atoms with van der Waals surface area (Å²) in [5.41, 5.74) is 2.92. The number of aliphatic hydroxyl groups excluding tert-OH is 1. The summed E-state index contributed by atoms with van der Waals surface area (Å²) in [6, 6.07) is 7.59. The Labute approximate surface area is 133 Å². The van der Waals surface area contributed by atoms with Crippen molar-refractivity contribution in [3.05, 3.63) is 45.7 Å². The zero-order chi connectivity index (χ0) is 15.4. The summed E-state index contributed by atoms with van der Waals surface area (Å²) in [6.07, 6.45) is 0.305. The molecule has 0 amide bonds. The van der Waals surface area contributed by atoms with Gasteiger partial charge in [0, 0.05) is 6.54 Å². The van der Waals surface area contributed by atoms with Crippen LogP contribution in [0.25, 0.3) is 0 Å². The van der Waals surface area contributed by atoms with E-state index < -0.39 is 6.10 Å². The van der Waals surface area contributed by atoms with Gasteiger partial charge in [0.1, 0.15) is 12.4 Å². The van der Waals surface area contributed by atoms with Crippen molar-refractivity contribution in [2.75, 3.05) is 0 Å². The maximum Gasteiger partial charge on any atom is 0.131 e. The number of aliphatic hydroxyl groups is 1. The summed E-state index contributed by atoms with van der Waals surface area (Å²) >= 11 is 3.56. The SMILES string of the molecule is CC[C@@H](O)c1ccc(OCc2c(Br)c(C)nn2CC)cc1. The molecule has 0 spiro atoms. The molecule has 21 heavy (non-hydrogen) atoms. The molecule has 0 saturated carbocycles. The summed E-state index contributed by atoms with van der Waals surface area (Å²) in [5, 5.41) is 14.2. The molecule has 1 N–H and O–H groups in total. The maximum absolute atomic E-state index is 9.78. The smallest absolute Gasteiger partial charge is 0.131 e. The highest BCUT2D eigenvalue weighted by Crippen LogP contribution is 2.24. The molecule has 0 aliphatic rings. The molecule has 1 atom stereocenters. The monoisotopic (exact) mass is 352 g/mol. The maximum atomic E-state index is 9.78. The Hall–Kier alpha value is -1.33. The minimum absolute atomic E-state index is 0.405. The first-order valence-electron chi connectivity index (χ1n) is 7.19. The van der Waals surface area contributed by atoms with Gasteiger partial charge in [-0.25, -0.2) is 0 Å². The molecule has 0 unspecified atom stereocenters. The molecule has 0 radical (unpaired) electrons. The van der Waals surface area contributed by atoms with Crippen molar-refractivity contribution >= 4 is 15.9 Å². The summed E-state index contributed by atoms with van der Waals surface area (Å²) in [7, 11) is 0. The van der Waals surface area contributed by atoms with Crippen LogP contribution in [0.1, 0.15) is 43.3 Å². The molecule has 5 heteroatoms. The standard InChI is InChI=1S/C16H21BrN2O2/c1-4-15(20)12-6-8-13(9-7-12)21-10-14-16(17)11(3)18-19(14)5-2/h6-9,15,20H,4-5,10H2,1-3H3/t15-/m1/s1. The van der Waals surface area contributed by atoms with Gasteiger partial charge in [-0.15, -0.1) is 0 Å². The number of aromatic nitrogens is 2. The Morgan fingerprint density at radius 1 is 1.29 bits per heavy atom. The third-order valence-corrected chi connectivity index (χ3v) is 4.51. The average molecular weight is 353 g/mol. The number of halogens is 1. The Kier molecular flexibility index (Phi) is 5.42. The van der Waals surface area contributed by atoms with Crippen LogP contribution >= 0.6 is 15.9 Å². The van der Waals surface area contributed by atoms with E-state index >= 15 is 0 Å². The minimum Gasteiger partial charge on any atom is -0.487 e. The van der Waals surface area contributed by atoms with E-state index in [1.54, 1.807) is 0 Å². The van der Waals surface area contributed by atoms with Crippen LogP contribution in [0.5, 0.6) is 5.75 Å². The molecular weight excluding hydrogens is 332 g/mol. The molecule has 1 heterocycles. The van der Waals surface area contributed by atoms with E-state index in [1.807, 2.05) is 42.8 Å². The summed E-state index contributed by atoms with van der Waals surface area (Å²) in [5.74, 6) is 0.787. The highest BCUT2D eigenvalue weighted by Gasteiger charge is 2.12. The van der Waals surface area contributed by atoms with Gasteiger partial charge in [-0.05, 0) is 53.9 Å². The van der Waals surface area contributed by atoms with Gasteiger partial charge in [-0.3, -0.25) is 4.68 Å². The van der Waals surface area contributed by atoms with Crippen LogP contribution in [0.2, 0.25) is 0 Å². The lowest BCUT2D eigenvalue weighted by Gasteiger charge is -2.11. The third-order valence-electron chi connectivity index (χ3n) is 3.48. The topological polar surface area (TPSA) is 47.3 Å². The molecule has 0 aliphatic heterocycles. The van der Waals surface area contributed by atoms with Crippen molar-refractivity contribution in [2.45, 2.75) is 46.4 Å². The fourth-order valence-corrected chi connectivity index (χ4v) is 2.58. The first kappa shape index (κ1) is 16.0. The first-order valence-corrected chi connectivity index (χ1v) is 7.98. The summed E-state index contributed by atoms with van der Waals surface area (Å²) < 4.78 is 8.77. The molecule has 0 aliphatic carbocycles. The van der Waals surface area contributed by atoms with E-state index in [2.05, 4.69) is 28.0 Å². The normalized spacial score (nSPS) is 12.4. The van der Waals surface area contributed by atoms with Crippen LogP contribution in [-0.2, 0) is 13.2 Å². The van der Waals surface area contributed by atoms with Crippen molar-refractivity contribution in [3.63, 3.8) is 0 Å². The number of nitrogens with zero attached hydrogens (tertiary/aromatic N) is 2. The molecule has 1 aromatic carbocycles. The highest BCUT2D eigenvalue weighted by atomic mass is 79.9. The van der Waals surface area contributed by atoms with Gasteiger partial charge in [-0.2, -0.15) is 5.10 Å². The first-order chi connectivity index (χ1) is 10.1. The molecule has 2 rings (SSSR count). The fraction of sp³-hybridized carbons (Fsp3) is 0.438. The van der Waals surface area contributed by atoms with E-state index in [-0.39, 0.29) is 0 Å². The van der Waals surface area contributed by atoms with Crippen LogP contribution in [0, 0.1) is 6.92 Å². The Morgan fingerprint density at radius 2 is 1.95 bits per heavy atom. The van der Waals surface area contributed by atoms with Crippen LogP contribution in [0.15, 0.2) is 28.7 Å². The van der Waals surface area contributed by atoms with Gasteiger partial charge in [0.2, 0.25) is 0 Å². The molecule has 0 fully saturated rings. The van der Waals surface area contributed by atoms with Crippen molar-refractivity contribution in [3.8, 4) is 5.75 Å². The van der Waals surface area contributed by atoms with Gasteiger partial charge in [-0.1, -0.05) is 19.1 Å². The van der Waals surface area contributed by atoms with Crippen LogP contribution in [0.3, 0.4) is 0 Å². The van der Waals surface area contributed by atoms with Crippen LogP contribution in [0.4, 0.5) is 0 Å². The van der Waals surface area contributed by atoms with Gasteiger partial charge in [0.15, 0.2) is 0 Å². The van der Waals surface area contributed by atoms with Crippen molar-refractivity contribution < 1.29 is 9.84 Å². The predicted octanol–water partition coefficient (Wildman–Crippen LogP) is 4.00. The van der Waals surface area contributed by atoms with E-state index in [4.69, 9.17) is 4.74 Å². The number of ether oxygens (including phenoxy) is 1. The summed E-state index contributed by atoms with van der Waals surface area (Å²) in [6.45, 7) is 7.27. The third kappa shape index (κ3) is 3.66. The molecule has 1 aromatic heterocycles. The molecular formula is C16H21BrN2O2. The Balaban J connectivity index is 2.06. The lowest BCUT2D eigenvalue weighted by atomic mass is 10.1. The fourth-order valence-electron chi connectivity index (χ4n) is 2.18. The van der Waals surface area contributed by atoms with E-state index in [0.717, 1.165) is 33.7 Å². The molecule has 0 bridgehead atoms. The summed E-state index contributed by atoms with van der Waals surface area (Å²) in [4.78, 5) is 0. The van der Waals surface area contributed by atoms with Gasteiger partial charge >= 0.3 is 0 Å². The minimum atomic E-state index is -0.405. The van der Waals surface area contributed by atoms with Crippen molar-refractivity contribution in [2.24, 2.45) is 0 Å². The molecule has 2 aromatic rings. The van der Waals surface area contributed by atoms with E-state index in [0.29, 0.717) is 13.0 Å². The average Bonchev–Trinajstić information content (AvgIpc) is 2.79. The second-order valence-electron chi connectivity index (χ2n) is 4.94. The zero-order valence-corrected chi connectivity index (χ0v) is 14.2. The Morgan fingerprint density at radius 3 is 2.52 bits per heavy atom. The molecule has 4 nitrogen and oxygen atoms in total. The number of benzene rings is 1.